The Kier molecular flexibility index (Phi) is 21.4. The van der Waals surface area contributed by atoms with Gasteiger partial charge in [0, 0.05) is 93.5 Å². The third-order valence-electron chi connectivity index (χ3n) is 5.10. The van der Waals surface area contributed by atoms with Crippen molar-refractivity contribution in [3.05, 3.63) is 70.2 Å². The Morgan fingerprint density at radius 3 is 1.23 bits per heavy atom. The lowest BCUT2D eigenvalue weighted by Crippen LogP contribution is -2.07. The first-order valence-electron chi connectivity index (χ1n) is 15.4. The number of carbonyl (C=O) groups excluding carboxylic acids is 5. The number of esters is 5. The topological polar surface area (TPSA) is 226 Å². The number of carboxylic acids is 1. The summed E-state index contributed by atoms with van der Waals surface area (Å²) in [6.45, 7) is 4.74. The van der Waals surface area contributed by atoms with Gasteiger partial charge in [-0.1, -0.05) is 12.1 Å². The van der Waals surface area contributed by atoms with Crippen LogP contribution in [0, 0.1) is 0 Å². The van der Waals surface area contributed by atoms with Crippen LogP contribution in [0.5, 0.6) is 0 Å². The van der Waals surface area contributed by atoms with Crippen LogP contribution in [0.25, 0.3) is 0 Å². The second kappa shape index (κ2) is 24.5. The fourth-order valence-electron chi connectivity index (χ4n) is 3.19. The number of fused-ring (bicyclic) bond motifs is 1. The molecule has 2 aliphatic heterocycles. The molecule has 0 saturated heterocycles. The van der Waals surface area contributed by atoms with Crippen molar-refractivity contribution in [1.82, 2.24) is 20.0 Å². The first-order chi connectivity index (χ1) is 24.8. The molecular weight excluding hydrogens is 696 g/mol. The molecule has 0 saturated carbocycles. The number of ether oxygens (including phenoxy) is 3. The molecule has 1 N–H and O–H groups in total. The van der Waals surface area contributed by atoms with Crippen molar-refractivity contribution in [1.29, 1.82) is 0 Å². The van der Waals surface area contributed by atoms with Crippen LogP contribution in [-0.2, 0) is 33.4 Å². The highest BCUT2D eigenvalue weighted by atomic mass is 16.6. The first-order valence-corrected chi connectivity index (χ1v) is 15.4. The van der Waals surface area contributed by atoms with Crippen LogP contribution >= 0.6 is 0 Å². The minimum atomic E-state index is -0.833. The molecule has 0 spiro atoms. The monoisotopic (exact) mass is 742 g/mol. The molecule has 0 aliphatic carbocycles. The summed E-state index contributed by atoms with van der Waals surface area (Å²) >= 11 is 0. The summed E-state index contributed by atoms with van der Waals surface area (Å²) in [6.07, 6.45) is 8.53. The van der Waals surface area contributed by atoms with Crippen molar-refractivity contribution in [3.63, 3.8) is 0 Å². The number of cyclic esters (lactones) is 4. The van der Waals surface area contributed by atoms with E-state index in [1.54, 1.807) is 79.7 Å². The Balaban J connectivity index is 0.000000729. The van der Waals surface area contributed by atoms with E-state index in [-0.39, 0.29) is 17.1 Å². The maximum atomic E-state index is 11.9. The fourth-order valence-corrected chi connectivity index (χ4v) is 3.19. The maximum Gasteiger partial charge on any atom is 0.347 e. The highest BCUT2D eigenvalue weighted by Gasteiger charge is 2.34. The average Bonchev–Trinajstić information content (AvgIpc) is 3.75. The normalized spacial score (nSPS) is 12.4. The quantitative estimate of drug-likeness (QED) is 0.128. The molecule has 19 heteroatoms. The van der Waals surface area contributed by atoms with E-state index in [4.69, 9.17) is 19.1 Å². The van der Waals surface area contributed by atoms with Crippen molar-refractivity contribution < 1.29 is 52.5 Å². The lowest BCUT2D eigenvalue weighted by Gasteiger charge is -2.06. The molecule has 288 valence electrons. The number of aliphatic carboxylic acids is 1. The Hall–Kier alpha value is -6.66. The predicted octanol–water partition coefficient (Wildman–Crippen LogP) is 2.15. The predicted molar refractivity (Wildman–Crippen MR) is 196 cm³/mol. The number of hydrogen-bond donors (Lipinski definition) is 1. The Morgan fingerprint density at radius 1 is 0.642 bits per heavy atom. The largest absolute Gasteiger partial charge is 0.481 e. The van der Waals surface area contributed by atoms with Crippen LogP contribution in [0.4, 0.5) is 0 Å². The number of benzene rings is 1. The lowest BCUT2D eigenvalue weighted by atomic mass is 9.98. The fraction of sp³-hybridized carbons (Fsp3) is 0.353. The summed E-state index contributed by atoms with van der Waals surface area (Å²) in [7, 11) is 14.5. The Labute approximate surface area is 307 Å². The van der Waals surface area contributed by atoms with Crippen LogP contribution in [0.3, 0.4) is 0 Å². The molecule has 0 amide bonds. The van der Waals surface area contributed by atoms with Gasteiger partial charge in [-0.05, 0) is 19.1 Å². The SMILES string of the molecule is CC(=O)O.CCOC(C)=O.CN(C)/N=C/c1ccc(/C=N/N(C)C)o1.CN(C)/N=C\c1ccc(/C=N\N(C)C)c2c1C(=O)OC2=O.O=C1C=CC(=O)O1. The second-order valence-corrected chi connectivity index (χ2v) is 10.8. The van der Waals surface area contributed by atoms with E-state index in [2.05, 4.69) is 29.9 Å². The van der Waals surface area contributed by atoms with Crippen LogP contribution < -0.4 is 0 Å². The zero-order valence-electron chi connectivity index (χ0n) is 31.6. The van der Waals surface area contributed by atoms with Crippen LogP contribution in [0.15, 0.2) is 61.2 Å². The highest BCUT2D eigenvalue weighted by Crippen LogP contribution is 2.26. The van der Waals surface area contributed by atoms with E-state index >= 15 is 0 Å². The van der Waals surface area contributed by atoms with Crippen molar-refractivity contribution in [3.8, 4) is 0 Å². The molecule has 0 atom stereocenters. The third-order valence-corrected chi connectivity index (χ3v) is 5.10. The maximum absolute atomic E-state index is 11.9. The van der Waals surface area contributed by atoms with Gasteiger partial charge in [0.1, 0.15) is 11.5 Å². The van der Waals surface area contributed by atoms with Crippen LogP contribution in [0.2, 0.25) is 0 Å². The molecule has 2 aliphatic rings. The zero-order chi connectivity index (χ0) is 40.7. The summed E-state index contributed by atoms with van der Waals surface area (Å²) in [6, 6.07) is 7.12. The molecule has 0 fully saturated rings. The molecule has 53 heavy (non-hydrogen) atoms. The number of rotatable bonds is 9. The number of hydrazone groups is 4. The van der Waals surface area contributed by atoms with Crippen molar-refractivity contribution >= 4 is 60.7 Å². The summed E-state index contributed by atoms with van der Waals surface area (Å²) in [5, 5.41) is 30.3. The molecule has 0 radical (unpaired) electrons. The summed E-state index contributed by atoms with van der Waals surface area (Å²) in [5.41, 5.74) is 1.54. The molecule has 3 heterocycles. The molecule has 0 bridgehead atoms. The highest BCUT2D eigenvalue weighted by molar-refractivity contribution is 6.20. The Bertz CT molecular complexity index is 1600. The number of furan rings is 1. The standard InChI is InChI=1S/C14H16N4O3.C10H16N4O.C4H2O3.C4H8O2.C2H4O2/c1-17(2)15-7-9-5-6-10(8-16-18(3)4)12-11(9)13(19)21-14(12)20;1-13(2)11-7-9-5-6-10(15-9)8-12-14(3)4;5-3-1-2-4(6)7-3;1-3-6-4(2)5;1-2(3)4/h5-8H,1-4H3;5-8H,1-4H3;1-2H;3H2,1-2H3;1H3,(H,3,4)/b15-7-,16-8-;11-7+,12-8+;;;. The van der Waals surface area contributed by atoms with E-state index in [0.717, 1.165) is 19.1 Å². The van der Waals surface area contributed by atoms with Gasteiger partial charge >= 0.3 is 29.8 Å². The Morgan fingerprint density at radius 2 is 0.981 bits per heavy atom. The molecule has 19 nitrogen and oxygen atoms in total. The first kappa shape index (κ1) is 46.3. The number of carboxylic acid groups (broad SMARTS) is 1. The average molecular weight is 743 g/mol. The van der Waals surface area contributed by atoms with Gasteiger partial charge in [-0.2, -0.15) is 20.4 Å². The third kappa shape index (κ3) is 21.2. The number of hydrogen-bond acceptors (Lipinski definition) is 18. The van der Waals surface area contributed by atoms with Gasteiger partial charge in [0.05, 0.1) is 42.6 Å². The lowest BCUT2D eigenvalue weighted by molar-refractivity contribution is -0.150. The van der Waals surface area contributed by atoms with Crippen LogP contribution in [-0.4, -0.2) is 149 Å². The van der Waals surface area contributed by atoms with Crippen molar-refractivity contribution in [2.75, 3.05) is 63.0 Å². The molecule has 2 aromatic rings. The van der Waals surface area contributed by atoms with E-state index in [1.807, 2.05) is 40.3 Å². The van der Waals surface area contributed by atoms with E-state index < -0.39 is 29.8 Å². The van der Waals surface area contributed by atoms with Crippen molar-refractivity contribution in [2.24, 2.45) is 20.4 Å². The van der Waals surface area contributed by atoms with Gasteiger partial charge in [0.2, 0.25) is 0 Å². The summed E-state index contributed by atoms with van der Waals surface area (Å²) in [5.74, 6) is -2.09. The summed E-state index contributed by atoms with van der Waals surface area (Å²) < 4.78 is 18.5. The minimum Gasteiger partial charge on any atom is -0.481 e. The molecular formula is C34H46N8O11. The van der Waals surface area contributed by atoms with Gasteiger partial charge in [-0.15, -0.1) is 0 Å². The van der Waals surface area contributed by atoms with Gasteiger partial charge in [0.15, 0.2) is 0 Å². The second-order valence-electron chi connectivity index (χ2n) is 10.8. The molecule has 4 rings (SSSR count). The zero-order valence-corrected chi connectivity index (χ0v) is 31.6. The molecule has 1 aromatic heterocycles. The van der Waals surface area contributed by atoms with Crippen molar-refractivity contribution in [2.45, 2.75) is 20.8 Å². The van der Waals surface area contributed by atoms with Crippen LogP contribution in [0.1, 0.15) is 64.1 Å². The van der Waals surface area contributed by atoms with E-state index in [0.29, 0.717) is 29.3 Å². The van der Waals surface area contributed by atoms with Gasteiger partial charge in [-0.3, -0.25) is 9.59 Å². The van der Waals surface area contributed by atoms with Gasteiger partial charge < -0.3 is 43.8 Å². The van der Waals surface area contributed by atoms with Gasteiger partial charge in [0.25, 0.3) is 5.97 Å². The number of nitrogens with zero attached hydrogens (tertiary/aromatic N) is 8. The van der Waals surface area contributed by atoms with E-state index in [9.17, 15) is 24.0 Å². The van der Waals surface area contributed by atoms with E-state index in [1.165, 1.54) is 19.4 Å². The van der Waals surface area contributed by atoms with Gasteiger partial charge in [-0.25, -0.2) is 19.2 Å². The summed E-state index contributed by atoms with van der Waals surface area (Å²) in [4.78, 5) is 62.4. The molecule has 1 aromatic carbocycles. The molecule has 0 unspecified atom stereocenters. The number of carbonyl (C=O) groups is 6. The minimum absolute atomic E-state index is 0.211. The smallest absolute Gasteiger partial charge is 0.347 e.